The van der Waals surface area contributed by atoms with Gasteiger partial charge in [-0.3, -0.25) is 4.40 Å². The maximum Gasteiger partial charge on any atom is 0.452 e. The number of aromatic nitrogens is 4. The average molecular weight is 574 g/mol. The lowest BCUT2D eigenvalue weighted by Crippen LogP contribution is -2.35. The lowest BCUT2D eigenvalue weighted by atomic mass is 9.98. The van der Waals surface area contributed by atoms with Crippen LogP contribution in [0.25, 0.3) is 5.65 Å². The number of fused-ring (bicyclic) bond motifs is 2. The first-order valence-corrected chi connectivity index (χ1v) is 13.9. The molecule has 0 spiro atoms. The Labute approximate surface area is 232 Å². The van der Waals surface area contributed by atoms with Crippen LogP contribution in [0, 0.1) is 20.8 Å². The fraction of sp³-hybridized carbons (Fsp3) is 0.393. The fourth-order valence-electron chi connectivity index (χ4n) is 4.82. The van der Waals surface area contributed by atoms with Crippen LogP contribution in [-0.4, -0.2) is 54.5 Å². The van der Waals surface area contributed by atoms with E-state index in [1.807, 2.05) is 36.4 Å². The molecule has 12 heteroatoms. The molecule has 4 aromatic rings. The van der Waals surface area contributed by atoms with Crippen LogP contribution in [0.3, 0.4) is 0 Å². The molecule has 5 rings (SSSR count). The van der Waals surface area contributed by atoms with Gasteiger partial charge in [-0.2, -0.15) is 13.2 Å². The van der Waals surface area contributed by atoms with Gasteiger partial charge >= 0.3 is 6.18 Å². The topological polar surface area (TPSA) is 81.9 Å². The summed E-state index contributed by atoms with van der Waals surface area (Å²) in [4.78, 5) is 4.94. The van der Waals surface area contributed by atoms with E-state index in [0.29, 0.717) is 48.9 Å². The van der Waals surface area contributed by atoms with Gasteiger partial charge in [0, 0.05) is 45.6 Å². The number of hydrogen-bond acceptors (Lipinski definition) is 6. The SMILES string of the molecule is COCCC1CN(Cc2cc(Cc3ccn4c(C(F)(F)F)nnc4c3C)ccc2C)S(=O)c2cc(C)cnc2O1. The molecule has 0 aliphatic carbocycles. The van der Waals surface area contributed by atoms with Crippen molar-refractivity contribution in [3.63, 3.8) is 0 Å². The molecule has 2 atom stereocenters. The molecule has 0 bridgehead atoms. The van der Waals surface area contributed by atoms with Gasteiger partial charge < -0.3 is 9.47 Å². The number of aryl methyl sites for hydroxylation is 3. The zero-order valence-corrected chi connectivity index (χ0v) is 23.5. The van der Waals surface area contributed by atoms with Gasteiger partial charge in [0.1, 0.15) is 22.0 Å². The molecule has 3 aromatic heterocycles. The number of halogens is 3. The van der Waals surface area contributed by atoms with Crippen LogP contribution >= 0.6 is 0 Å². The molecule has 8 nitrogen and oxygen atoms in total. The van der Waals surface area contributed by atoms with Crippen LogP contribution in [0.4, 0.5) is 13.2 Å². The molecule has 1 aliphatic heterocycles. The number of hydrogen-bond donors (Lipinski definition) is 0. The Bertz CT molecular complexity index is 1570. The summed E-state index contributed by atoms with van der Waals surface area (Å²) in [6, 6.07) is 9.60. The molecular formula is C28H30F3N5O3S. The fourth-order valence-corrected chi connectivity index (χ4v) is 6.19. The molecule has 0 saturated carbocycles. The van der Waals surface area contributed by atoms with Crippen molar-refractivity contribution in [1.29, 1.82) is 0 Å². The van der Waals surface area contributed by atoms with Crippen LogP contribution < -0.4 is 4.74 Å². The lowest BCUT2D eigenvalue weighted by molar-refractivity contribution is -0.145. The molecule has 40 heavy (non-hydrogen) atoms. The van der Waals surface area contributed by atoms with Gasteiger partial charge in [0.2, 0.25) is 11.7 Å². The molecular weight excluding hydrogens is 543 g/mol. The van der Waals surface area contributed by atoms with Crippen molar-refractivity contribution in [1.82, 2.24) is 23.9 Å². The summed E-state index contributed by atoms with van der Waals surface area (Å²) in [5, 5.41) is 7.15. The standard InChI is InChI=1S/C28H30F3N5O3S/c1-17-11-24-26(32-14-17)39-23(8-10-38-4)16-35(40(24)37)15-22-13-20(6-5-18(22)2)12-21-7-9-36-25(19(21)3)33-34-27(36)28(29,30)31/h5-7,9,11,13-14,23H,8,10,12,15-16H2,1-4H3. The summed E-state index contributed by atoms with van der Waals surface area (Å²) in [7, 11) is 0.144. The van der Waals surface area contributed by atoms with Gasteiger partial charge in [-0.05, 0) is 72.7 Å². The molecule has 4 heterocycles. The smallest absolute Gasteiger partial charge is 0.452 e. The minimum atomic E-state index is -4.59. The van der Waals surface area contributed by atoms with E-state index < -0.39 is 23.0 Å². The Morgan fingerprint density at radius 1 is 1.12 bits per heavy atom. The van der Waals surface area contributed by atoms with E-state index in [-0.39, 0.29) is 11.8 Å². The van der Waals surface area contributed by atoms with Crippen LogP contribution in [-0.2, 0) is 34.9 Å². The molecule has 0 amide bonds. The first kappa shape index (κ1) is 28.2. The molecule has 212 valence electrons. The van der Waals surface area contributed by atoms with Crippen LogP contribution in [0.15, 0.2) is 47.6 Å². The van der Waals surface area contributed by atoms with Gasteiger partial charge in [-0.25, -0.2) is 13.5 Å². The van der Waals surface area contributed by atoms with E-state index in [0.717, 1.165) is 32.2 Å². The second-order valence-corrected chi connectivity index (χ2v) is 11.5. The van der Waals surface area contributed by atoms with E-state index in [9.17, 15) is 17.4 Å². The Morgan fingerprint density at radius 2 is 1.93 bits per heavy atom. The molecule has 1 aliphatic rings. The van der Waals surface area contributed by atoms with E-state index >= 15 is 0 Å². The first-order valence-electron chi connectivity index (χ1n) is 12.8. The van der Waals surface area contributed by atoms with Gasteiger partial charge in [0.05, 0.1) is 0 Å². The molecule has 2 unspecified atom stereocenters. The maximum atomic E-state index is 13.7. The van der Waals surface area contributed by atoms with Crippen molar-refractivity contribution in [2.75, 3.05) is 20.3 Å². The van der Waals surface area contributed by atoms with Gasteiger partial charge in [-0.1, -0.05) is 18.2 Å². The molecule has 0 fully saturated rings. The van der Waals surface area contributed by atoms with Gasteiger partial charge in [-0.15, -0.1) is 10.2 Å². The summed E-state index contributed by atoms with van der Waals surface area (Å²) in [6.45, 7) is 7.01. The van der Waals surface area contributed by atoms with Crippen molar-refractivity contribution in [3.05, 3.63) is 81.9 Å². The highest BCUT2D eigenvalue weighted by molar-refractivity contribution is 7.82. The summed E-state index contributed by atoms with van der Waals surface area (Å²) in [6.07, 6.45) is -0.644. The van der Waals surface area contributed by atoms with E-state index in [1.165, 1.54) is 6.20 Å². The number of rotatable bonds is 7. The second-order valence-electron chi connectivity index (χ2n) is 10.0. The Hall–Kier alpha value is -3.35. The Balaban J connectivity index is 1.42. The zero-order chi connectivity index (χ0) is 28.6. The predicted octanol–water partition coefficient (Wildman–Crippen LogP) is 4.98. The zero-order valence-electron chi connectivity index (χ0n) is 22.7. The van der Waals surface area contributed by atoms with E-state index in [2.05, 4.69) is 21.2 Å². The summed E-state index contributed by atoms with van der Waals surface area (Å²) in [5.74, 6) is -0.661. The van der Waals surface area contributed by atoms with Crippen LogP contribution in [0.2, 0.25) is 0 Å². The third-order valence-corrected chi connectivity index (χ3v) is 8.47. The molecule has 0 saturated heterocycles. The number of ether oxygens (including phenoxy) is 2. The van der Waals surface area contributed by atoms with Crippen molar-refractivity contribution in [2.45, 2.75) is 57.3 Å². The number of pyridine rings is 2. The van der Waals surface area contributed by atoms with Crippen molar-refractivity contribution >= 4 is 16.6 Å². The number of methoxy groups -OCH3 is 1. The number of alkyl halides is 3. The molecule has 0 radical (unpaired) electrons. The van der Waals surface area contributed by atoms with Crippen molar-refractivity contribution in [2.24, 2.45) is 0 Å². The monoisotopic (exact) mass is 573 g/mol. The van der Waals surface area contributed by atoms with E-state index in [1.54, 1.807) is 26.3 Å². The second kappa shape index (κ2) is 11.3. The highest BCUT2D eigenvalue weighted by Gasteiger charge is 2.37. The highest BCUT2D eigenvalue weighted by atomic mass is 32.2. The Kier molecular flexibility index (Phi) is 7.94. The third kappa shape index (κ3) is 5.74. The third-order valence-electron chi connectivity index (χ3n) is 7.05. The molecule has 0 N–H and O–H groups in total. The van der Waals surface area contributed by atoms with Crippen LogP contribution in [0.1, 0.15) is 45.6 Å². The first-order chi connectivity index (χ1) is 19.0. The summed E-state index contributed by atoms with van der Waals surface area (Å²) < 4.78 is 67.8. The molecule has 1 aromatic carbocycles. The van der Waals surface area contributed by atoms with Crippen molar-refractivity contribution < 1.29 is 26.9 Å². The lowest BCUT2D eigenvalue weighted by Gasteiger charge is -2.23. The summed E-state index contributed by atoms with van der Waals surface area (Å²) >= 11 is 0. The van der Waals surface area contributed by atoms with Gasteiger partial charge in [0.15, 0.2) is 5.65 Å². The predicted molar refractivity (Wildman–Crippen MR) is 143 cm³/mol. The van der Waals surface area contributed by atoms with Crippen molar-refractivity contribution in [3.8, 4) is 5.88 Å². The number of nitrogens with zero attached hydrogens (tertiary/aromatic N) is 5. The van der Waals surface area contributed by atoms with E-state index in [4.69, 9.17) is 9.47 Å². The normalized spacial score (nSPS) is 18.0. The quantitative estimate of drug-likeness (QED) is 0.310. The maximum absolute atomic E-state index is 13.7. The largest absolute Gasteiger partial charge is 0.472 e. The average Bonchev–Trinajstić information content (AvgIpc) is 3.31. The van der Waals surface area contributed by atoms with Crippen LogP contribution in [0.5, 0.6) is 5.88 Å². The minimum absolute atomic E-state index is 0.182. The minimum Gasteiger partial charge on any atom is -0.472 e. The Morgan fingerprint density at radius 3 is 2.67 bits per heavy atom. The number of benzene rings is 1. The van der Waals surface area contributed by atoms with Gasteiger partial charge in [0.25, 0.3) is 0 Å². The summed E-state index contributed by atoms with van der Waals surface area (Å²) in [5.41, 5.74) is 5.59. The highest BCUT2D eigenvalue weighted by Crippen LogP contribution is 2.31.